The minimum absolute atomic E-state index is 0.501. The largest absolute Gasteiger partial charge is 0.356 e. The number of benzene rings is 1. The Morgan fingerprint density at radius 2 is 0.682 bits per heavy atom. The molecule has 0 spiro atoms. The normalized spacial score (nSPS) is 14.7. The highest BCUT2D eigenvalue weighted by Crippen LogP contribution is 2.23. The van der Waals surface area contributed by atoms with Crippen LogP contribution in [0, 0.1) is 0 Å². The van der Waals surface area contributed by atoms with Gasteiger partial charge in [0.25, 0.3) is 0 Å². The fourth-order valence-electron chi connectivity index (χ4n) is 7.04. The van der Waals surface area contributed by atoms with E-state index in [1.165, 1.54) is 198 Å². The predicted octanol–water partition coefficient (Wildman–Crippen LogP) is 13.6. The summed E-state index contributed by atoms with van der Waals surface area (Å²) in [6.45, 7) is 7.03. The van der Waals surface area contributed by atoms with Crippen LogP contribution in [0.1, 0.15) is 199 Å². The van der Waals surface area contributed by atoms with Crippen molar-refractivity contribution in [2.24, 2.45) is 0 Å². The average molecular weight is 609 g/mol. The summed E-state index contributed by atoms with van der Waals surface area (Å²) in [4.78, 5) is 5.30. The summed E-state index contributed by atoms with van der Waals surface area (Å²) < 4.78 is 0. The Morgan fingerprint density at radius 1 is 0.386 bits per heavy atom. The van der Waals surface area contributed by atoms with E-state index < -0.39 is 0 Å². The van der Waals surface area contributed by atoms with Crippen molar-refractivity contribution < 1.29 is 0 Å². The van der Waals surface area contributed by atoms with Gasteiger partial charge in [0, 0.05) is 31.9 Å². The molecule has 2 heteroatoms. The molecule has 254 valence electrons. The van der Waals surface area contributed by atoms with Gasteiger partial charge in [-0.1, -0.05) is 211 Å². The lowest BCUT2D eigenvalue weighted by atomic mass is 10.0. The molecule has 1 unspecified atom stereocenters. The minimum atomic E-state index is 0.501. The van der Waals surface area contributed by atoms with Crippen molar-refractivity contribution in [1.82, 2.24) is 9.80 Å². The van der Waals surface area contributed by atoms with Gasteiger partial charge in [0.05, 0.1) is 0 Å². The van der Waals surface area contributed by atoms with Crippen LogP contribution in [0.3, 0.4) is 0 Å². The molecule has 0 aromatic heterocycles. The van der Waals surface area contributed by atoms with E-state index in [9.17, 15) is 0 Å². The van der Waals surface area contributed by atoms with E-state index in [4.69, 9.17) is 0 Å². The monoisotopic (exact) mass is 609 g/mol. The molecule has 0 saturated carbocycles. The summed E-state index contributed by atoms with van der Waals surface area (Å²) in [7, 11) is 0. The number of rotatable bonds is 32. The first-order chi connectivity index (χ1) is 21.8. The van der Waals surface area contributed by atoms with E-state index in [2.05, 4.69) is 66.4 Å². The average Bonchev–Trinajstić information content (AvgIpc) is 3.42. The van der Waals surface area contributed by atoms with Crippen LogP contribution in [-0.2, 0) is 6.42 Å². The van der Waals surface area contributed by atoms with Crippen molar-refractivity contribution in [2.45, 2.75) is 206 Å². The molecular formula is C42H76N2. The number of unbranched alkanes of at least 4 members (excludes halogenated alkanes) is 26. The van der Waals surface area contributed by atoms with Crippen molar-refractivity contribution in [1.29, 1.82) is 0 Å². The zero-order valence-corrected chi connectivity index (χ0v) is 29.9. The van der Waals surface area contributed by atoms with Crippen LogP contribution in [0.4, 0.5) is 0 Å². The highest BCUT2D eigenvalue weighted by molar-refractivity contribution is 5.17. The summed E-state index contributed by atoms with van der Waals surface area (Å²) in [5.41, 5.74) is 1.47. The molecule has 44 heavy (non-hydrogen) atoms. The summed E-state index contributed by atoms with van der Waals surface area (Å²) in [6.07, 6.45) is 46.5. The van der Waals surface area contributed by atoms with Gasteiger partial charge in [-0.2, -0.15) is 0 Å². The van der Waals surface area contributed by atoms with Crippen LogP contribution < -0.4 is 0 Å². The molecule has 0 aliphatic carbocycles. The molecule has 1 aliphatic heterocycles. The molecule has 0 saturated heterocycles. The maximum atomic E-state index is 2.65. The third kappa shape index (κ3) is 20.6. The van der Waals surface area contributed by atoms with Crippen LogP contribution in [0.15, 0.2) is 42.7 Å². The van der Waals surface area contributed by atoms with Crippen molar-refractivity contribution in [2.75, 3.05) is 13.1 Å². The van der Waals surface area contributed by atoms with Gasteiger partial charge < -0.3 is 9.80 Å². The topological polar surface area (TPSA) is 6.48 Å². The van der Waals surface area contributed by atoms with Crippen molar-refractivity contribution >= 4 is 0 Å². The molecule has 2 rings (SSSR count). The van der Waals surface area contributed by atoms with Gasteiger partial charge in [-0.3, -0.25) is 0 Å². The lowest BCUT2D eigenvalue weighted by molar-refractivity contribution is 0.148. The van der Waals surface area contributed by atoms with E-state index in [0.29, 0.717) is 6.17 Å². The zero-order chi connectivity index (χ0) is 31.2. The molecule has 1 aliphatic rings. The standard InChI is InChI=1S/C42H76N2/c1-3-5-7-9-11-13-15-17-18-19-20-22-24-26-28-33-37-44-39-38-43(42(44)40-41-34-30-29-31-35-41)36-32-27-25-23-21-16-14-12-10-8-6-4-2/h29-31,34-35,38-39,42H,3-28,32-33,36-37,40H2,1-2H3. The molecule has 0 radical (unpaired) electrons. The Balaban J connectivity index is 1.51. The first-order valence-corrected chi connectivity index (χ1v) is 20.1. The van der Waals surface area contributed by atoms with Crippen LogP contribution >= 0.6 is 0 Å². The molecule has 0 fully saturated rings. The maximum Gasteiger partial charge on any atom is 0.105 e. The van der Waals surface area contributed by atoms with E-state index in [0.717, 1.165) is 6.42 Å². The van der Waals surface area contributed by atoms with Gasteiger partial charge in [0.2, 0.25) is 0 Å². The Bertz CT molecular complexity index is 743. The molecule has 0 bridgehead atoms. The third-order valence-corrected chi connectivity index (χ3v) is 10.0. The van der Waals surface area contributed by atoms with E-state index in [-0.39, 0.29) is 0 Å². The van der Waals surface area contributed by atoms with Crippen molar-refractivity contribution in [3.63, 3.8) is 0 Å². The summed E-state index contributed by atoms with van der Waals surface area (Å²) in [5.74, 6) is 0. The van der Waals surface area contributed by atoms with Gasteiger partial charge in [-0.15, -0.1) is 0 Å². The first kappa shape index (κ1) is 38.7. The van der Waals surface area contributed by atoms with Crippen LogP contribution in [-0.4, -0.2) is 29.1 Å². The van der Waals surface area contributed by atoms with Crippen LogP contribution in [0.2, 0.25) is 0 Å². The number of hydrogen-bond acceptors (Lipinski definition) is 2. The van der Waals surface area contributed by atoms with Gasteiger partial charge in [-0.25, -0.2) is 0 Å². The lowest BCUT2D eigenvalue weighted by Gasteiger charge is -2.33. The molecule has 1 aromatic carbocycles. The van der Waals surface area contributed by atoms with Crippen LogP contribution in [0.5, 0.6) is 0 Å². The predicted molar refractivity (Wildman–Crippen MR) is 197 cm³/mol. The molecule has 2 nitrogen and oxygen atoms in total. The Kier molecular flexibility index (Phi) is 25.5. The molecule has 1 heterocycles. The van der Waals surface area contributed by atoms with Gasteiger partial charge in [0.15, 0.2) is 0 Å². The summed E-state index contributed by atoms with van der Waals surface area (Å²) >= 11 is 0. The fraction of sp³-hybridized carbons (Fsp3) is 0.810. The number of hydrogen-bond donors (Lipinski definition) is 0. The maximum absolute atomic E-state index is 2.65. The Morgan fingerprint density at radius 3 is 1.00 bits per heavy atom. The molecule has 1 atom stereocenters. The summed E-state index contributed by atoms with van der Waals surface area (Å²) in [6, 6.07) is 11.2. The first-order valence-electron chi connectivity index (χ1n) is 20.1. The fourth-order valence-corrected chi connectivity index (χ4v) is 7.04. The molecule has 0 amide bonds. The molecule has 1 aromatic rings. The number of nitrogens with zero attached hydrogens (tertiary/aromatic N) is 2. The lowest BCUT2D eigenvalue weighted by Crippen LogP contribution is -2.41. The Hall–Kier alpha value is -1.44. The van der Waals surface area contributed by atoms with Crippen molar-refractivity contribution in [3.05, 3.63) is 48.3 Å². The summed E-state index contributed by atoms with van der Waals surface area (Å²) in [5, 5.41) is 0. The molecular weight excluding hydrogens is 532 g/mol. The van der Waals surface area contributed by atoms with Gasteiger partial charge in [0.1, 0.15) is 6.17 Å². The van der Waals surface area contributed by atoms with E-state index in [1.807, 2.05) is 0 Å². The smallest absolute Gasteiger partial charge is 0.105 e. The van der Waals surface area contributed by atoms with E-state index in [1.54, 1.807) is 0 Å². The highest BCUT2D eigenvalue weighted by Gasteiger charge is 2.25. The quantitative estimate of drug-likeness (QED) is 0.0751. The van der Waals surface area contributed by atoms with Crippen LogP contribution in [0.25, 0.3) is 0 Å². The van der Waals surface area contributed by atoms with E-state index >= 15 is 0 Å². The second kappa shape index (κ2) is 29.0. The second-order valence-corrected chi connectivity index (χ2v) is 14.1. The molecule has 0 N–H and O–H groups in total. The zero-order valence-electron chi connectivity index (χ0n) is 29.9. The second-order valence-electron chi connectivity index (χ2n) is 14.1. The van der Waals surface area contributed by atoms with Gasteiger partial charge >= 0.3 is 0 Å². The van der Waals surface area contributed by atoms with Gasteiger partial charge in [-0.05, 0) is 18.4 Å². The minimum Gasteiger partial charge on any atom is -0.356 e. The third-order valence-electron chi connectivity index (χ3n) is 10.0. The highest BCUT2D eigenvalue weighted by atomic mass is 15.4. The van der Waals surface area contributed by atoms with Crippen molar-refractivity contribution in [3.8, 4) is 0 Å². The SMILES string of the molecule is CCCCCCCCCCCCCCCCCCN1C=CN(CCCCCCCCCCCCCC)C1Cc1ccccc1. The Labute approximate surface area is 276 Å².